The van der Waals surface area contributed by atoms with Crippen LogP contribution in [-0.2, 0) is 6.42 Å². The first-order chi connectivity index (χ1) is 7.26. The van der Waals surface area contributed by atoms with Crippen LogP contribution < -0.4 is 5.73 Å². The lowest BCUT2D eigenvalue weighted by atomic mass is 10.2. The number of aromatic nitrogens is 1. The van der Waals surface area contributed by atoms with Gasteiger partial charge in [0, 0.05) is 4.88 Å². The molecule has 2 aromatic rings. The molecule has 0 spiro atoms. The molecule has 0 unspecified atom stereocenters. The highest BCUT2D eigenvalue weighted by Gasteiger charge is 2.16. The molecule has 0 fully saturated rings. The van der Waals surface area contributed by atoms with Gasteiger partial charge >= 0.3 is 0 Å². The second kappa shape index (κ2) is 3.75. The Morgan fingerprint density at radius 1 is 1.60 bits per heavy atom. The zero-order valence-electron chi connectivity index (χ0n) is 8.15. The summed E-state index contributed by atoms with van der Waals surface area (Å²) in [5.74, 6) is 0.0824. The lowest BCUT2D eigenvalue weighted by molar-refractivity contribution is 0.439. The molecular weight excluding hydrogens is 210 g/mol. The van der Waals surface area contributed by atoms with Gasteiger partial charge in [0.15, 0.2) is 0 Å². The monoisotopic (exact) mass is 219 g/mol. The number of thiophene rings is 1. The highest BCUT2D eigenvalue weighted by molar-refractivity contribution is 7.15. The van der Waals surface area contributed by atoms with Crippen molar-refractivity contribution in [2.45, 2.75) is 13.3 Å². The summed E-state index contributed by atoms with van der Waals surface area (Å²) in [5.41, 5.74) is 6.34. The van der Waals surface area contributed by atoms with E-state index in [-0.39, 0.29) is 5.88 Å². The van der Waals surface area contributed by atoms with E-state index in [0.29, 0.717) is 11.3 Å². The van der Waals surface area contributed by atoms with Gasteiger partial charge in [-0.1, -0.05) is 12.1 Å². The Morgan fingerprint density at radius 2 is 2.40 bits per heavy atom. The van der Waals surface area contributed by atoms with Crippen LogP contribution in [0.25, 0.3) is 10.6 Å². The predicted octanol–water partition coefficient (Wildman–Crippen LogP) is 2.42. The molecule has 0 atom stereocenters. The van der Waals surface area contributed by atoms with Gasteiger partial charge in [-0.3, -0.25) is 0 Å². The maximum Gasteiger partial charge on any atom is 0.240 e. The molecule has 2 aromatic heterocycles. The Morgan fingerprint density at radius 3 is 3.00 bits per heavy atom. The van der Waals surface area contributed by atoms with E-state index < -0.39 is 0 Å². The molecule has 0 aliphatic carbocycles. The molecule has 0 saturated carbocycles. The lowest BCUT2D eigenvalue weighted by Gasteiger charge is -1.88. The number of aryl methyl sites for hydroxylation is 1. The minimum atomic E-state index is 0.0824. The fourth-order valence-corrected chi connectivity index (χ4v) is 2.21. The van der Waals surface area contributed by atoms with Crippen LogP contribution >= 0.6 is 11.3 Å². The van der Waals surface area contributed by atoms with Gasteiger partial charge in [-0.15, -0.1) is 11.3 Å². The third-order valence-corrected chi connectivity index (χ3v) is 3.31. The van der Waals surface area contributed by atoms with E-state index in [9.17, 15) is 0 Å². The van der Waals surface area contributed by atoms with Crippen molar-refractivity contribution in [3.05, 3.63) is 22.6 Å². The van der Waals surface area contributed by atoms with Crippen molar-refractivity contribution in [1.29, 1.82) is 5.26 Å². The molecule has 0 saturated heterocycles. The third kappa shape index (κ3) is 1.60. The van der Waals surface area contributed by atoms with Gasteiger partial charge in [-0.25, -0.2) is 0 Å². The summed E-state index contributed by atoms with van der Waals surface area (Å²) in [6.07, 6.45) is 0.972. The summed E-state index contributed by atoms with van der Waals surface area (Å²) in [5, 5.41) is 12.7. The Hall–Kier alpha value is -1.80. The summed E-state index contributed by atoms with van der Waals surface area (Å²) in [6.45, 7) is 2.08. The average Bonchev–Trinajstić information content (AvgIpc) is 2.83. The fourth-order valence-electron chi connectivity index (χ4n) is 1.27. The average molecular weight is 219 g/mol. The molecule has 15 heavy (non-hydrogen) atoms. The summed E-state index contributed by atoms with van der Waals surface area (Å²) >= 11 is 1.60. The molecule has 0 aliphatic heterocycles. The number of hydrogen-bond donors (Lipinski definition) is 1. The molecule has 2 N–H and O–H groups in total. The van der Waals surface area contributed by atoms with Crippen LogP contribution in [0, 0.1) is 11.3 Å². The van der Waals surface area contributed by atoms with E-state index >= 15 is 0 Å². The molecule has 0 radical (unpaired) electrons. The second-order valence-corrected chi connectivity index (χ2v) is 4.17. The van der Waals surface area contributed by atoms with Crippen LogP contribution in [0.5, 0.6) is 0 Å². The highest BCUT2D eigenvalue weighted by Crippen LogP contribution is 2.32. The van der Waals surface area contributed by atoms with Crippen molar-refractivity contribution in [2.75, 3.05) is 5.73 Å². The van der Waals surface area contributed by atoms with E-state index in [2.05, 4.69) is 12.1 Å². The van der Waals surface area contributed by atoms with Crippen molar-refractivity contribution in [3.63, 3.8) is 0 Å². The number of nitrogens with zero attached hydrogens (tertiary/aromatic N) is 2. The molecular formula is C10H9N3OS. The third-order valence-electron chi connectivity index (χ3n) is 2.07. The Bertz CT molecular complexity index is 521. The Labute approximate surface area is 90.9 Å². The minimum Gasteiger partial charge on any atom is -0.366 e. The first kappa shape index (κ1) is 9.74. The summed E-state index contributed by atoms with van der Waals surface area (Å²) in [7, 11) is 0. The summed E-state index contributed by atoms with van der Waals surface area (Å²) in [4.78, 5) is 2.17. The number of hydrogen-bond acceptors (Lipinski definition) is 5. The van der Waals surface area contributed by atoms with Crippen molar-refractivity contribution in [3.8, 4) is 16.6 Å². The molecule has 76 valence electrons. The maximum atomic E-state index is 8.89. The van der Waals surface area contributed by atoms with Gasteiger partial charge in [0.2, 0.25) is 5.88 Å². The lowest BCUT2D eigenvalue weighted by Crippen LogP contribution is -1.84. The quantitative estimate of drug-likeness (QED) is 0.841. The molecule has 0 bridgehead atoms. The zero-order chi connectivity index (χ0) is 10.8. The Balaban J connectivity index is 2.50. The van der Waals surface area contributed by atoms with Gasteiger partial charge in [-0.05, 0) is 18.6 Å². The zero-order valence-corrected chi connectivity index (χ0v) is 8.97. The number of nitriles is 1. The maximum absolute atomic E-state index is 8.89. The van der Waals surface area contributed by atoms with Gasteiger partial charge in [0.25, 0.3) is 0 Å². The summed E-state index contributed by atoms with van der Waals surface area (Å²) in [6, 6.07) is 5.95. The minimum absolute atomic E-state index is 0.0824. The number of nitrogen functional groups attached to an aromatic ring is 1. The first-order valence-electron chi connectivity index (χ1n) is 4.50. The molecule has 2 heterocycles. The molecule has 2 rings (SSSR count). The number of rotatable bonds is 2. The normalized spacial score (nSPS) is 10.1. The SMILES string of the molecule is CCc1ccc(-c2noc(N)c2C#N)s1. The van der Waals surface area contributed by atoms with Crippen molar-refractivity contribution in [2.24, 2.45) is 0 Å². The van der Waals surface area contributed by atoms with Gasteiger partial charge in [-0.2, -0.15) is 5.26 Å². The smallest absolute Gasteiger partial charge is 0.240 e. The highest BCUT2D eigenvalue weighted by atomic mass is 32.1. The standard InChI is InChI=1S/C10H9N3OS/c1-2-6-3-4-8(15-6)9-7(5-11)10(12)14-13-9/h3-4H,2,12H2,1H3. The van der Waals surface area contributed by atoms with Crippen LogP contribution in [0.2, 0.25) is 0 Å². The van der Waals surface area contributed by atoms with E-state index in [0.717, 1.165) is 11.3 Å². The molecule has 5 heteroatoms. The molecule has 4 nitrogen and oxygen atoms in total. The van der Waals surface area contributed by atoms with Crippen LogP contribution in [-0.4, -0.2) is 5.16 Å². The largest absolute Gasteiger partial charge is 0.366 e. The van der Waals surface area contributed by atoms with Crippen LogP contribution in [0.15, 0.2) is 16.7 Å². The second-order valence-electron chi connectivity index (χ2n) is 3.00. The van der Waals surface area contributed by atoms with E-state index in [1.54, 1.807) is 11.3 Å². The van der Waals surface area contributed by atoms with Crippen LogP contribution in [0.3, 0.4) is 0 Å². The van der Waals surface area contributed by atoms with Crippen LogP contribution in [0.4, 0.5) is 5.88 Å². The van der Waals surface area contributed by atoms with E-state index in [1.807, 2.05) is 18.2 Å². The molecule has 0 aliphatic rings. The van der Waals surface area contributed by atoms with Crippen molar-refractivity contribution >= 4 is 17.2 Å². The summed E-state index contributed by atoms with van der Waals surface area (Å²) < 4.78 is 4.80. The van der Waals surface area contributed by atoms with Gasteiger partial charge in [0.05, 0.1) is 4.88 Å². The van der Waals surface area contributed by atoms with Crippen molar-refractivity contribution < 1.29 is 4.52 Å². The molecule has 0 aromatic carbocycles. The predicted molar refractivity (Wildman–Crippen MR) is 58.3 cm³/mol. The van der Waals surface area contributed by atoms with E-state index in [4.69, 9.17) is 15.5 Å². The topological polar surface area (TPSA) is 75.8 Å². The van der Waals surface area contributed by atoms with Crippen LogP contribution in [0.1, 0.15) is 17.4 Å². The van der Waals surface area contributed by atoms with Gasteiger partial charge < -0.3 is 10.3 Å². The van der Waals surface area contributed by atoms with Gasteiger partial charge in [0.1, 0.15) is 17.3 Å². The molecule has 0 amide bonds. The fraction of sp³-hybridized carbons (Fsp3) is 0.200. The van der Waals surface area contributed by atoms with Crippen molar-refractivity contribution in [1.82, 2.24) is 5.16 Å². The van der Waals surface area contributed by atoms with E-state index in [1.165, 1.54) is 4.88 Å². The number of nitrogens with two attached hydrogens (primary N) is 1. The number of anilines is 1. The first-order valence-corrected chi connectivity index (χ1v) is 5.32. The Kier molecular flexibility index (Phi) is 2.44.